The van der Waals surface area contributed by atoms with Crippen LogP contribution in [0.25, 0.3) is 4.96 Å². The molecule has 1 saturated heterocycles. The molecule has 152 valence electrons. The third-order valence-corrected chi connectivity index (χ3v) is 10.2. The summed E-state index contributed by atoms with van der Waals surface area (Å²) in [5.41, 5.74) is 0.289. The van der Waals surface area contributed by atoms with Crippen LogP contribution in [0.4, 0.5) is 0 Å². The van der Waals surface area contributed by atoms with Crippen molar-refractivity contribution < 1.29 is 8.42 Å². The van der Waals surface area contributed by atoms with Crippen molar-refractivity contribution in [3.05, 3.63) is 10.8 Å². The molecule has 0 spiro atoms. The van der Waals surface area contributed by atoms with Gasteiger partial charge in [-0.3, -0.25) is 0 Å². The maximum atomic E-state index is 11.8. The molecule has 3 heterocycles. The molecule has 0 amide bonds. The van der Waals surface area contributed by atoms with Gasteiger partial charge in [0.05, 0.1) is 6.26 Å². The quantitative estimate of drug-likeness (QED) is 0.761. The summed E-state index contributed by atoms with van der Waals surface area (Å²) in [7, 11) is -3.11. The molecule has 0 radical (unpaired) electrons. The van der Waals surface area contributed by atoms with Crippen molar-refractivity contribution in [2.75, 3.05) is 19.3 Å². The van der Waals surface area contributed by atoms with Gasteiger partial charge in [-0.2, -0.15) is 9.61 Å². The predicted octanol–water partition coefficient (Wildman–Crippen LogP) is 2.79. The zero-order chi connectivity index (χ0) is 19.1. The van der Waals surface area contributed by atoms with E-state index in [-0.39, 0.29) is 11.3 Å². The van der Waals surface area contributed by atoms with E-state index in [0.717, 1.165) is 41.4 Å². The number of hydrogen-bond donors (Lipinski definition) is 0. The first-order valence-electron chi connectivity index (χ1n) is 10.6. The third-order valence-electron chi connectivity index (χ3n) is 7.79. The minimum absolute atomic E-state index is 0.235. The smallest absolute Gasteiger partial charge is 0.213 e. The molecule has 0 unspecified atom stereocenters. The fraction of sp³-hybridized carbons (Fsp3) is 0.842. The number of aromatic nitrogens is 4. The molecule has 2 aromatic heterocycles. The van der Waals surface area contributed by atoms with Crippen LogP contribution in [-0.2, 0) is 15.4 Å². The Kier molecular flexibility index (Phi) is 3.80. The van der Waals surface area contributed by atoms with Gasteiger partial charge >= 0.3 is 0 Å². The van der Waals surface area contributed by atoms with E-state index in [1.807, 2.05) is 4.52 Å². The highest BCUT2D eigenvalue weighted by Gasteiger charge is 2.53. The Morgan fingerprint density at radius 3 is 2.18 bits per heavy atom. The molecule has 7 nitrogen and oxygen atoms in total. The average molecular weight is 422 g/mol. The molecular weight excluding hydrogens is 394 g/mol. The van der Waals surface area contributed by atoms with Crippen molar-refractivity contribution >= 4 is 26.3 Å². The van der Waals surface area contributed by atoms with Crippen LogP contribution in [-0.4, -0.2) is 51.9 Å². The Balaban J connectivity index is 1.29. The minimum Gasteiger partial charge on any atom is -0.213 e. The molecule has 7 rings (SSSR count). The Hall–Kier alpha value is -1.06. The first kappa shape index (κ1) is 17.8. The molecule has 9 heteroatoms. The summed E-state index contributed by atoms with van der Waals surface area (Å²) in [6.07, 6.45) is 11.1. The summed E-state index contributed by atoms with van der Waals surface area (Å²) >= 11 is 1.75. The largest absolute Gasteiger partial charge is 0.234 e. The van der Waals surface area contributed by atoms with Crippen molar-refractivity contribution in [1.29, 1.82) is 0 Å². The first-order chi connectivity index (χ1) is 13.4. The zero-order valence-corrected chi connectivity index (χ0v) is 17.9. The average Bonchev–Trinajstić information content (AvgIpc) is 3.21. The van der Waals surface area contributed by atoms with E-state index in [0.29, 0.717) is 13.1 Å². The number of fused-ring (bicyclic) bond motifs is 1. The van der Waals surface area contributed by atoms with E-state index in [2.05, 4.69) is 10.2 Å². The molecule has 4 saturated carbocycles. The second-order valence-electron chi connectivity index (χ2n) is 9.79. The topological polar surface area (TPSA) is 80.5 Å². The molecular formula is C19H27N5O2S2. The fourth-order valence-electron chi connectivity index (χ4n) is 6.92. The van der Waals surface area contributed by atoms with Crippen LogP contribution in [0.15, 0.2) is 0 Å². The molecule has 28 heavy (non-hydrogen) atoms. The van der Waals surface area contributed by atoms with Crippen molar-refractivity contribution in [2.24, 2.45) is 17.8 Å². The van der Waals surface area contributed by atoms with E-state index >= 15 is 0 Å². The summed E-state index contributed by atoms with van der Waals surface area (Å²) in [5, 5.41) is 15.3. The maximum absolute atomic E-state index is 11.8. The molecule has 5 aliphatic rings. The van der Waals surface area contributed by atoms with E-state index in [1.54, 1.807) is 15.6 Å². The lowest BCUT2D eigenvalue weighted by Gasteiger charge is -2.55. The lowest BCUT2D eigenvalue weighted by molar-refractivity contribution is -0.00568. The molecule has 4 aliphatic carbocycles. The summed E-state index contributed by atoms with van der Waals surface area (Å²) < 4.78 is 27.1. The summed E-state index contributed by atoms with van der Waals surface area (Å²) in [6, 6.07) is 0. The SMILES string of the molecule is CS(=O)(=O)N1CCC(c2nnc3sc(C45CC6CC(CC(C6)C4)C5)nn23)CC1. The minimum atomic E-state index is -3.11. The van der Waals surface area contributed by atoms with Crippen LogP contribution >= 0.6 is 11.3 Å². The molecule has 0 N–H and O–H groups in total. The molecule has 1 aliphatic heterocycles. The Morgan fingerprint density at radius 2 is 1.61 bits per heavy atom. The van der Waals surface area contributed by atoms with Crippen molar-refractivity contribution in [3.8, 4) is 0 Å². The van der Waals surface area contributed by atoms with Crippen molar-refractivity contribution in [1.82, 2.24) is 24.1 Å². The number of rotatable bonds is 3. The van der Waals surface area contributed by atoms with Crippen LogP contribution in [0.3, 0.4) is 0 Å². The molecule has 4 bridgehead atoms. The molecule has 2 aromatic rings. The van der Waals surface area contributed by atoms with Crippen LogP contribution in [0.5, 0.6) is 0 Å². The van der Waals surface area contributed by atoms with Gasteiger partial charge in [0.15, 0.2) is 5.82 Å². The van der Waals surface area contributed by atoms with Gasteiger partial charge in [0, 0.05) is 24.4 Å². The van der Waals surface area contributed by atoms with Gasteiger partial charge in [-0.15, -0.1) is 10.2 Å². The Morgan fingerprint density at radius 1 is 1.00 bits per heavy atom. The number of hydrogen-bond acceptors (Lipinski definition) is 6. The van der Waals surface area contributed by atoms with Crippen LogP contribution in [0.2, 0.25) is 0 Å². The van der Waals surface area contributed by atoms with Gasteiger partial charge in [0.25, 0.3) is 0 Å². The van der Waals surface area contributed by atoms with Gasteiger partial charge in [0.1, 0.15) is 5.01 Å². The second-order valence-corrected chi connectivity index (χ2v) is 12.7. The number of nitrogens with zero attached hydrogens (tertiary/aromatic N) is 5. The van der Waals surface area contributed by atoms with Crippen molar-refractivity contribution in [2.45, 2.75) is 62.7 Å². The van der Waals surface area contributed by atoms with E-state index in [9.17, 15) is 8.42 Å². The first-order valence-corrected chi connectivity index (χ1v) is 13.2. The summed E-state index contributed by atoms with van der Waals surface area (Å²) in [5.74, 6) is 3.87. The molecule has 5 fully saturated rings. The van der Waals surface area contributed by atoms with Crippen molar-refractivity contribution in [3.63, 3.8) is 0 Å². The fourth-order valence-corrected chi connectivity index (χ4v) is 8.86. The number of sulfonamides is 1. The Labute approximate surface area is 169 Å². The summed E-state index contributed by atoms with van der Waals surface area (Å²) in [4.78, 5) is 0.909. The lowest BCUT2D eigenvalue weighted by atomic mass is 9.50. The predicted molar refractivity (Wildman–Crippen MR) is 107 cm³/mol. The third kappa shape index (κ3) is 2.69. The van der Waals surface area contributed by atoms with Gasteiger partial charge in [-0.1, -0.05) is 11.3 Å². The number of piperidine rings is 1. The molecule has 0 atom stereocenters. The van der Waals surface area contributed by atoms with Gasteiger partial charge in [-0.25, -0.2) is 12.7 Å². The van der Waals surface area contributed by atoms with Crippen LogP contribution in [0, 0.1) is 17.8 Å². The lowest BCUT2D eigenvalue weighted by Crippen LogP contribution is -2.48. The second kappa shape index (κ2) is 5.98. The normalized spacial score (nSPS) is 36.5. The molecule has 0 aromatic carbocycles. The monoisotopic (exact) mass is 421 g/mol. The van der Waals surface area contributed by atoms with Gasteiger partial charge < -0.3 is 0 Å². The van der Waals surface area contributed by atoms with Gasteiger partial charge in [-0.05, 0) is 69.1 Å². The summed E-state index contributed by atoms with van der Waals surface area (Å²) in [6.45, 7) is 1.12. The van der Waals surface area contributed by atoms with E-state index < -0.39 is 10.0 Å². The highest BCUT2D eigenvalue weighted by atomic mass is 32.2. The maximum Gasteiger partial charge on any atom is 0.234 e. The van der Waals surface area contributed by atoms with Crippen LogP contribution < -0.4 is 0 Å². The zero-order valence-electron chi connectivity index (χ0n) is 16.2. The van der Waals surface area contributed by atoms with E-state index in [4.69, 9.17) is 5.10 Å². The Bertz CT molecular complexity index is 983. The highest BCUT2D eigenvalue weighted by molar-refractivity contribution is 7.88. The van der Waals surface area contributed by atoms with E-state index in [1.165, 1.54) is 49.8 Å². The van der Waals surface area contributed by atoms with Crippen LogP contribution in [0.1, 0.15) is 68.1 Å². The highest BCUT2D eigenvalue weighted by Crippen LogP contribution is 2.61. The standard InChI is InChI=1S/C19H27N5O2S2/c1-28(25,26)23-4-2-15(3-5-23)16-20-21-18-24(16)22-17(27-18)19-9-12-6-13(10-19)8-14(7-12)11-19/h12-15H,2-11H2,1H3. The van der Waals surface area contributed by atoms with Gasteiger partial charge in [0.2, 0.25) is 15.0 Å².